The Kier molecular flexibility index (Phi) is 6.16. The Labute approximate surface area is 114 Å². The van der Waals surface area contributed by atoms with Crippen LogP contribution in [0.15, 0.2) is 24.3 Å². The van der Waals surface area contributed by atoms with Gasteiger partial charge in [-0.1, -0.05) is 23.7 Å². The summed E-state index contributed by atoms with van der Waals surface area (Å²) >= 11 is 5.94. The lowest BCUT2D eigenvalue weighted by molar-refractivity contribution is -0.129. The van der Waals surface area contributed by atoms with Crippen LogP contribution < -0.4 is 5.32 Å². The molecule has 4 heteroatoms. The van der Waals surface area contributed by atoms with Gasteiger partial charge in [-0.05, 0) is 38.5 Å². The van der Waals surface area contributed by atoms with Crippen molar-refractivity contribution in [1.29, 1.82) is 0 Å². The highest BCUT2D eigenvalue weighted by atomic mass is 35.5. The van der Waals surface area contributed by atoms with Gasteiger partial charge in [0.15, 0.2) is 0 Å². The fourth-order valence-corrected chi connectivity index (χ4v) is 2.02. The number of hydrogen-bond acceptors (Lipinski definition) is 2. The second-order valence-corrected chi connectivity index (χ2v) is 4.66. The number of amides is 1. The molecule has 0 bridgehead atoms. The molecule has 0 saturated carbocycles. The minimum atomic E-state index is 0.114. The Balaban J connectivity index is 2.51. The Bertz CT molecular complexity index is 391. The standard InChI is InChI=1S/C14H21ClN2O/c1-4-17(5-2)14(18)10-16-11(3)12-7-6-8-13(15)9-12/h6-9,11,16H,4-5,10H2,1-3H3/t11-/m0/s1. The van der Waals surface area contributed by atoms with Crippen molar-refractivity contribution < 1.29 is 4.79 Å². The van der Waals surface area contributed by atoms with E-state index in [1.165, 1.54) is 0 Å². The maximum Gasteiger partial charge on any atom is 0.236 e. The quantitative estimate of drug-likeness (QED) is 0.860. The third kappa shape index (κ3) is 4.31. The second-order valence-electron chi connectivity index (χ2n) is 4.22. The minimum Gasteiger partial charge on any atom is -0.342 e. The minimum absolute atomic E-state index is 0.114. The number of hydrogen-bond donors (Lipinski definition) is 1. The van der Waals surface area contributed by atoms with Crippen LogP contribution in [0.2, 0.25) is 5.02 Å². The highest BCUT2D eigenvalue weighted by molar-refractivity contribution is 6.30. The monoisotopic (exact) mass is 268 g/mol. The lowest BCUT2D eigenvalue weighted by Crippen LogP contribution is -2.38. The number of nitrogens with zero attached hydrogens (tertiary/aromatic N) is 1. The zero-order chi connectivity index (χ0) is 13.5. The van der Waals surface area contributed by atoms with Gasteiger partial charge in [-0.15, -0.1) is 0 Å². The Morgan fingerprint density at radius 1 is 1.39 bits per heavy atom. The van der Waals surface area contributed by atoms with E-state index in [4.69, 9.17) is 11.6 Å². The van der Waals surface area contributed by atoms with Crippen LogP contribution in [0, 0.1) is 0 Å². The van der Waals surface area contributed by atoms with Gasteiger partial charge in [0.2, 0.25) is 5.91 Å². The van der Waals surface area contributed by atoms with E-state index in [9.17, 15) is 4.79 Å². The van der Waals surface area contributed by atoms with E-state index < -0.39 is 0 Å². The molecule has 0 aliphatic rings. The van der Waals surface area contributed by atoms with E-state index in [-0.39, 0.29) is 11.9 Å². The van der Waals surface area contributed by atoms with Crippen molar-refractivity contribution in [3.63, 3.8) is 0 Å². The molecule has 0 spiro atoms. The average molecular weight is 269 g/mol. The van der Waals surface area contributed by atoms with Crippen molar-refractivity contribution in [2.45, 2.75) is 26.8 Å². The predicted octanol–water partition coefficient (Wildman–Crippen LogP) is 2.86. The van der Waals surface area contributed by atoms with Crippen LogP contribution in [0.5, 0.6) is 0 Å². The van der Waals surface area contributed by atoms with Gasteiger partial charge in [0.05, 0.1) is 6.54 Å². The summed E-state index contributed by atoms with van der Waals surface area (Å²) in [5.74, 6) is 0.133. The summed E-state index contributed by atoms with van der Waals surface area (Å²) in [4.78, 5) is 13.7. The SMILES string of the molecule is CCN(CC)C(=O)CN[C@@H](C)c1cccc(Cl)c1. The fourth-order valence-electron chi connectivity index (χ4n) is 1.82. The average Bonchev–Trinajstić information content (AvgIpc) is 2.37. The van der Waals surface area contributed by atoms with E-state index in [2.05, 4.69) is 5.32 Å². The molecule has 0 fully saturated rings. The van der Waals surface area contributed by atoms with Gasteiger partial charge in [-0.3, -0.25) is 4.79 Å². The molecule has 1 aromatic rings. The lowest BCUT2D eigenvalue weighted by Gasteiger charge is -2.21. The number of carbonyl (C=O) groups excluding carboxylic acids is 1. The van der Waals surface area contributed by atoms with Crippen LogP contribution >= 0.6 is 11.6 Å². The van der Waals surface area contributed by atoms with E-state index in [0.717, 1.165) is 23.7 Å². The van der Waals surface area contributed by atoms with Gasteiger partial charge < -0.3 is 10.2 Å². The molecule has 0 unspecified atom stereocenters. The third-order valence-corrected chi connectivity index (χ3v) is 3.26. The third-order valence-electron chi connectivity index (χ3n) is 3.02. The maximum absolute atomic E-state index is 11.8. The highest BCUT2D eigenvalue weighted by Gasteiger charge is 2.11. The van der Waals surface area contributed by atoms with Gasteiger partial charge >= 0.3 is 0 Å². The zero-order valence-corrected chi connectivity index (χ0v) is 12.0. The van der Waals surface area contributed by atoms with Gasteiger partial charge in [-0.2, -0.15) is 0 Å². The molecule has 1 aromatic carbocycles. The summed E-state index contributed by atoms with van der Waals surface area (Å²) in [5, 5.41) is 3.94. The van der Waals surface area contributed by atoms with Gasteiger partial charge in [0, 0.05) is 24.2 Å². The molecule has 100 valence electrons. The first-order valence-corrected chi connectivity index (χ1v) is 6.72. The molecular weight excluding hydrogens is 248 g/mol. The molecule has 0 aliphatic carbocycles. The molecule has 0 radical (unpaired) electrons. The molecule has 1 atom stereocenters. The highest BCUT2D eigenvalue weighted by Crippen LogP contribution is 2.16. The molecule has 0 aromatic heterocycles. The van der Waals surface area contributed by atoms with Crippen molar-refractivity contribution in [1.82, 2.24) is 10.2 Å². The summed E-state index contributed by atoms with van der Waals surface area (Å²) in [6.45, 7) is 7.87. The predicted molar refractivity (Wildman–Crippen MR) is 75.8 cm³/mol. The number of carbonyl (C=O) groups is 1. The van der Waals surface area contributed by atoms with Crippen LogP contribution in [0.1, 0.15) is 32.4 Å². The number of benzene rings is 1. The number of halogens is 1. The van der Waals surface area contributed by atoms with Crippen LogP contribution in [-0.4, -0.2) is 30.4 Å². The van der Waals surface area contributed by atoms with Crippen molar-refractivity contribution in [3.8, 4) is 0 Å². The molecule has 1 amide bonds. The largest absolute Gasteiger partial charge is 0.342 e. The molecule has 18 heavy (non-hydrogen) atoms. The first kappa shape index (κ1) is 15.0. The molecule has 0 heterocycles. The van der Waals surface area contributed by atoms with Crippen LogP contribution in [0.25, 0.3) is 0 Å². The Morgan fingerprint density at radius 3 is 2.61 bits per heavy atom. The van der Waals surface area contributed by atoms with Crippen LogP contribution in [-0.2, 0) is 4.79 Å². The summed E-state index contributed by atoms with van der Waals surface area (Å²) in [7, 11) is 0. The van der Waals surface area contributed by atoms with Gasteiger partial charge in [-0.25, -0.2) is 0 Å². The maximum atomic E-state index is 11.8. The normalized spacial score (nSPS) is 12.2. The lowest BCUT2D eigenvalue weighted by atomic mass is 10.1. The summed E-state index contributed by atoms with van der Waals surface area (Å²) in [6.07, 6.45) is 0. The van der Waals surface area contributed by atoms with Crippen molar-refractivity contribution >= 4 is 17.5 Å². The van der Waals surface area contributed by atoms with Gasteiger partial charge in [0.1, 0.15) is 0 Å². The molecule has 1 rings (SSSR count). The number of rotatable bonds is 6. The fraction of sp³-hybridized carbons (Fsp3) is 0.500. The van der Waals surface area contributed by atoms with E-state index in [0.29, 0.717) is 6.54 Å². The number of likely N-dealkylation sites (N-methyl/N-ethyl adjacent to an activating group) is 1. The molecular formula is C14H21ClN2O. The summed E-state index contributed by atoms with van der Waals surface area (Å²) in [6, 6.07) is 7.80. The second kappa shape index (κ2) is 7.39. The van der Waals surface area contributed by atoms with Crippen LogP contribution in [0.4, 0.5) is 0 Å². The topological polar surface area (TPSA) is 32.3 Å². The summed E-state index contributed by atoms with van der Waals surface area (Å²) in [5.41, 5.74) is 1.09. The summed E-state index contributed by atoms with van der Waals surface area (Å²) < 4.78 is 0. The molecule has 3 nitrogen and oxygen atoms in total. The first-order chi connectivity index (χ1) is 8.58. The van der Waals surface area contributed by atoms with Gasteiger partial charge in [0.25, 0.3) is 0 Å². The van der Waals surface area contributed by atoms with E-state index in [1.54, 1.807) is 0 Å². The van der Waals surface area contributed by atoms with Crippen molar-refractivity contribution in [2.24, 2.45) is 0 Å². The first-order valence-electron chi connectivity index (χ1n) is 6.35. The number of nitrogens with one attached hydrogen (secondary N) is 1. The molecule has 0 saturated heterocycles. The zero-order valence-electron chi connectivity index (χ0n) is 11.2. The van der Waals surface area contributed by atoms with E-state index >= 15 is 0 Å². The Morgan fingerprint density at radius 2 is 2.06 bits per heavy atom. The molecule has 0 aliphatic heterocycles. The van der Waals surface area contributed by atoms with E-state index in [1.807, 2.05) is 49.9 Å². The Hall–Kier alpha value is -1.06. The van der Waals surface area contributed by atoms with Crippen molar-refractivity contribution in [3.05, 3.63) is 34.9 Å². The molecule has 1 N–H and O–H groups in total. The van der Waals surface area contributed by atoms with Crippen molar-refractivity contribution in [2.75, 3.05) is 19.6 Å². The smallest absolute Gasteiger partial charge is 0.236 e. The van der Waals surface area contributed by atoms with Crippen LogP contribution in [0.3, 0.4) is 0 Å².